The molecule has 0 spiro atoms. The van der Waals surface area contributed by atoms with Crippen molar-refractivity contribution >= 4 is 17.7 Å². The summed E-state index contributed by atoms with van der Waals surface area (Å²) < 4.78 is 12.4. The first-order valence-corrected chi connectivity index (χ1v) is 9.11. The number of aromatic nitrogens is 1. The lowest BCUT2D eigenvalue weighted by atomic mass is 9.75. The second-order valence-electron chi connectivity index (χ2n) is 7.50. The Morgan fingerprint density at radius 2 is 1.92 bits per heavy atom. The fourth-order valence-corrected chi connectivity index (χ4v) is 3.27. The van der Waals surface area contributed by atoms with Gasteiger partial charge in [-0.2, -0.15) is 4.57 Å². The lowest BCUT2D eigenvalue weighted by Gasteiger charge is -2.24. The Bertz CT molecular complexity index is 672. The number of ketones is 1. The molecule has 1 fully saturated rings. The molecule has 1 saturated heterocycles. The van der Waals surface area contributed by atoms with Gasteiger partial charge in [0.1, 0.15) is 0 Å². The molecule has 1 aliphatic heterocycles. The monoisotopic (exact) mass is 362 g/mol. The maximum absolute atomic E-state index is 12.8. The summed E-state index contributed by atoms with van der Waals surface area (Å²) in [6.45, 7) is 7.59. The third-order valence-corrected chi connectivity index (χ3v) is 4.86. The lowest BCUT2D eigenvalue weighted by Crippen LogP contribution is -2.47. The van der Waals surface area contributed by atoms with E-state index in [0.29, 0.717) is 18.8 Å². The van der Waals surface area contributed by atoms with E-state index in [1.54, 1.807) is 30.8 Å². The topological polar surface area (TPSA) is 73.6 Å². The molecule has 1 aliphatic rings. The number of hydrogen-bond acceptors (Lipinski definition) is 5. The Labute approximate surface area is 154 Å². The Kier molecular flexibility index (Phi) is 6.16. The van der Waals surface area contributed by atoms with Crippen molar-refractivity contribution < 1.29 is 28.4 Å². The number of esters is 2. The van der Waals surface area contributed by atoms with Crippen LogP contribution in [0.4, 0.5) is 0 Å². The molecule has 26 heavy (non-hydrogen) atoms. The van der Waals surface area contributed by atoms with Gasteiger partial charge in [-0.3, -0.25) is 14.4 Å². The molecule has 0 N–H and O–H groups in total. The molecule has 2 rings (SSSR count). The SMILES string of the molecule is CCOC(=O)[C@]1(CCC(C)C)C[C@@](C)(C(=O)C[n+]2ccccc2)OC1=O. The van der Waals surface area contributed by atoms with Crippen molar-refractivity contribution in [1.29, 1.82) is 0 Å². The van der Waals surface area contributed by atoms with Crippen molar-refractivity contribution in [1.82, 2.24) is 0 Å². The molecule has 0 aromatic carbocycles. The molecule has 0 amide bonds. The highest BCUT2D eigenvalue weighted by Gasteiger charge is 2.62. The molecule has 6 heteroatoms. The number of nitrogens with zero attached hydrogens (tertiary/aromatic N) is 1. The zero-order chi connectivity index (χ0) is 19.4. The zero-order valence-corrected chi connectivity index (χ0v) is 16.0. The predicted octanol–water partition coefficient (Wildman–Crippen LogP) is 2.23. The van der Waals surface area contributed by atoms with Crippen LogP contribution in [-0.4, -0.2) is 29.9 Å². The molecule has 1 aromatic rings. The summed E-state index contributed by atoms with van der Waals surface area (Å²) >= 11 is 0. The average Bonchev–Trinajstić information content (AvgIpc) is 2.87. The normalized spacial score (nSPS) is 25.2. The van der Waals surface area contributed by atoms with E-state index in [9.17, 15) is 14.4 Å². The van der Waals surface area contributed by atoms with Crippen molar-refractivity contribution in [2.75, 3.05) is 6.61 Å². The van der Waals surface area contributed by atoms with Gasteiger partial charge >= 0.3 is 11.9 Å². The van der Waals surface area contributed by atoms with E-state index in [2.05, 4.69) is 0 Å². The summed E-state index contributed by atoms with van der Waals surface area (Å²) in [6.07, 6.45) is 4.57. The number of carbonyl (C=O) groups excluding carboxylic acids is 3. The van der Waals surface area contributed by atoms with Crippen molar-refractivity contribution in [2.24, 2.45) is 11.3 Å². The molecule has 0 aliphatic carbocycles. The van der Waals surface area contributed by atoms with Gasteiger partial charge in [0.2, 0.25) is 12.3 Å². The van der Waals surface area contributed by atoms with E-state index in [1.165, 1.54) is 0 Å². The van der Waals surface area contributed by atoms with E-state index < -0.39 is 23.0 Å². The van der Waals surface area contributed by atoms with Gasteiger partial charge in [-0.1, -0.05) is 19.9 Å². The minimum absolute atomic E-state index is 0.0244. The van der Waals surface area contributed by atoms with Gasteiger partial charge in [0, 0.05) is 18.6 Å². The van der Waals surface area contributed by atoms with Gasteiger partial charge in [-0.25, -0.2) is 0 Å². The number of carbonyl (C=O) groups is 3. The van der Waals surface area contributed by atoms with Crippen LogP contribution in [0.2, 0.25) is 0 Å². The van der Waals surface area contributed by atoms with Gasteiger partial charge in [0.05, 0.1) is 6.61 Å². The summed E-state index contributed by atoms with van der Waals surface area (Å²) in [5.74, 6) is -1.16. The minimum atomic E-state index is -1.40. The van der Waals surface area contributed by atoms with Crippen LogP contribution in [0.1, 0.15) is 47.0 Å². The largest absolute Gasteiger partial charge is 0.465 e. The molecular weight excluding hydrogens is 334 g/mol. The number of Topliss-reactive ketones (excluding diaryl/α,β-unsaturated/α-hetero) is 1. The zero-order valence-electron chi connectivity index (χ0n) is 16.0. The van der Waals surface area contributed by atoms with Crippen LogP contribution in [0.5, 0.6) is 0 Å². The fourth-order valence-electron chi connectivity index (χ4n) is 3.27. The minimum Gasteiger partial charge on any atom is -0.465 e. The molecule has 1 aromatic heterocycles. The first-order valence-electron chi connectivity index (χ1n) is 9.11. The van der Waals surface area contributed by atoms with Crippen LogP contribution < -0.4 is 4.57 Å². The Morgan fingerprint density at radius 3 is 2.50 bits per heavy atom. The first-order chi connectivity index (χ1) is 12.2. The summed E-state index contributed by atoms with van der Waals surface area (Å²) in [7, 11) is 0. The molecule has 0 bridgehead atoms. The second-order valence-corrected chi connectivity index (χ2v) is 7.50. The van der Waals surface area contributed by atoms with Gasteiger partial charge < -0.3 is 9.47 Å². The van der Waals surface area contributed by atoms with Crippen LogP contribution in [0.3, 0.4) is 0 Å². The highest BCUT2D eigenvalue weighted by Crippen LogP contribution is 2.46. The van der Waals surface area contributed by atoms with E-state index in [0.717, 1.165) is 0 Å². The number of cyclic esters (lactones) is 1. The maximum atomic E-state index is 12.8. The lowest BCUT2D eigenvalue weighted by molar-refractivity contribution is -0.684. The number of rotatable bonds is 8. The Morgan fingerprint density at radius 1 is 1.27 bits per heavy atom. The molecule has 0 unspecified atom stereocenters. The van der Waals surface area contributed by atoms with Crippen molar-refractivity contribution in [2.45, 2.75) is 59.1 Å². The summed E-state index contributed by atoms with van der Waals surface area (Å²) in [6, 6.07) is 5.50. The predicted molar refractivity (Wildman–Crippen MR) is 93.9 cm³/mol. The second kappa shape index (κ2) is 7.98. The fraction of sp³-hybridized carbons (Fsp3) is 0.600. The molecule has 6 nitrogen and oxygen atoms in total. The van der Waals surface area contributed by atoms with E-state index in [4.69, 9.17) is 9.47 Å². The highest BCUT2D eigenvalue weighted by molar-refractivity contribution is 6.05. The molecule has 0 saturated carbocycles. The van der Waals surface area contributed by atoms with Crippen LogP contribution in [-0.2, 0) is 30.4 Å². The smallest absolute Gasteiger partial charge is 0.324 e. The Hall–Kier alpha value is -2.24. The number of hydrogen-bond donors (Lipinski definition) is 0. The molecule has 2 heterocycles. The number of ether oxygens (including phenoxy) is 2. The molecule has 142 valence electrons. The third-order valence-electron chi connectivity index (χ3n) is 4.86. The van der Waals surface area contributed by atoms with Gasteiger partial charge in [-0.05, 0) is 32.6 Å². The van der Waals surface area contributed by atoms with Crippen LogP contribution in [0.25, 0.3) is 0 Å². The standard InChI is InChI=1S/C20H28NO5/c1-5-25-17(23)20(10-9-15(2)3)14-19(4,26-18(20)24)16(22)13-21-11-7-6-8-12-21/h6-8,11-12,15H,5,9-10,13-14H2,1-4H3/q+1/t19-,20-/m0/s1. The molecule has 2 atom stereocenters. The van der Waals surface area contributed by atoms with Crippen molar-refractivity contribution in [3.8, 4) is 0 Å². The van der Waals surface area contributed by atoms with E-state index >= 15 is 0 Å². The van der Waals surface area contributed by atoms with Gasteiger partial charge in [-0.15, -0.1) is 0 Å². The van der Waals surface area contributed by atoms with Crippen LogP contribution >= 0.6 is 0 Å². The summed E-state index contributed by atoms with van der Waals surface area (Å²) in [4.78, 5) is 38.2. The van der Waals surface area contributed by atoms with Crippen LogP contribution in [0.15, 0.2) is 30.6 Å². The highest BCUT2D eigenvalue weighted by atomic mass is 16.6. The third kappa shape index (κ3) is 4.11. The number of pyridine rings is 1. The van der Waals surface area contributed by atoms with E-state index in [1.807, 2.05) is 32.0 Å². The van der Waals surface area contributed by atoms with Crippen LogP contribution in [0, 0.1) is 11.3 Å². The summed E-state index contributed by atoms with van der Waals surface area (Å²) in [5.41, 5.74) is -2.73. The van der Waals surface area contributed by atoms with Crippen molar-refractivity contribution in [3.05, 3.63) is 30.6 Å². The molecule has 0 radical (unpaired) electrons. The van der Waals surface area contributed by atoms with Crippen molar-refractivity contribution in [3.63, 3.8) is 0 Å². The van der Waals surface area contributed by atoms with Gasteiger partial charge in [0.25, 0.3) is 0 Å². The quantitative estimate of drug-likeness (QED) is 0.403. The average molecular weight is 362 g/mol. The maximum Gasteiger partial charge on any atom is 0.324 e. The Balaban J connectivity index is 2.25. The van der Waals surface area contributed by atoms with Gasteiger partial charge in [0.15, 0.2) is 23.4 Å². The summed E-state index contributed by atoms with van der Waals surface area (Å²) in [5, 5.41) is 0. The van der Waals surface area contributed by atoms with E-state index in [-0.39, 0.29) is 25.4 Å². The first kappa shape index (κ1) is 20.1. The molecular formula is C20H28NO5+.